The average Bonchev–Trinajstić information content (AvgIpc) is 1.58. The lowest BCUT2D eigenvalue weighted by atomic mass is 9.97. The number of nitrogens with one attached hydrogen (secondary N) is 2. The first-order valence-corrected chi connectivity index (χ1v) is 32.9. The van der Waals surface area contributed by atoms with Gasteiger partial charge in [-0.2, -0.15) is 0 Å². The number of ether oxygens (including phenoxy) is 5. The Morgan fingerprint density at radius 1 is 0.556 bits per heavy atom. The summed E-state index contributed by atoms with van der Waals surface area (Å²) >= 11 is 2.83. The third-order valence-corrected chi connectivity index (χ3v) is 20.1. The lowest BCUT2D eigenvalue weighted by molar-refractivity contribution is -0.131. The summed E-state index contributed by atoms with van der Waals surface area (Å²) in [6.07, 6.45) is -1.08. The molecule has 5 N–H and O–H groups in total. The number of carbonyl (C=O) groups is 10. The van der Waals surface area contributed by atoms with Crippen LogP contribution in [0.3, 0.4) is 0 Å². The van der Waals surface area contributed by atoms with E-state index in [1.54, 1.807) is 0 Å². The van der Waals surface area contributed by atoms with Crippen molar-refractivity contribution in [3.8, 4) is 17.2 Å². The number of methoxy groups -OCH3 is 1. The van der Waals surface area contributed by atoms with Gasteiger partial charge in [0.15, 0.2) is 35.5 Å². The van der Waals surface area contributed by atoms with E-state index in [0.29, 0.717) is 48.3 Å². The molecule has 2 aromatic carbocycles. The maximum Gasteiger partial charge on any atom is 0.256 e. The number of thioether (sulfide) groups is 2. The van der Waals surface area contributed by atoms with Crippen LogP contribution in [0.4, 0.5) is 11.4 Å². The second-order valence-corrected chi connectivity index (χ2v) is 26.6. The van der Waals surface area contributed by atoms with Crippen molar-refractivity contribution >= 4 is 93.5 Å². The number of anilines is 2. The number of aliphatic hydroxyl groups is 3. The van der Waals surface area contributed by atoms with Crippen molar-refractivity contribution in [1.29, 1.82) is 0 Å². The molecule has 3 fully saturated rings. The van der Waals surface area contributed by atoms with Gasteiger partial charge in [0.2, 0.25) is 23.6 Å². The van der Waals surface area contributed by atoms with Gasteiger partial charge in [-0.3, -0.25) is 57.7 Å². The summed E-state index contributed by atoms with van der Waals surface area (Å²) < 4.78 is 29.5. The van der Waals surface area contributed by atoms with Gasteiger partial charge in [0.25, 0.3) is 11.8 Å². The molecule has 4 bridgehead atoms. The van der Waals surface area contributed by atoms with E-state index < -0.39 is 113 Å². The molecule has 2 aromatic rings. The number of aliphatic hydroxyl groups excluding tert-OH is 3. The number of Topliss-reactive ketones (excluding diaryl/α,β-unsaturated/α-hetero) is 4. The van der Waals surface area contributed by atoms with E-state index in [2.05, 4.69) is 23.8 Å². The number of ketones is 4. The minimum absolute atomic E-state index is 0.00815. The Hall–Kier alpha value is -6.68. The molecule has 0 saturated carbocycles. The standard InChI is InChI=1S/C64H84N6O18S2/c1-35-23-46-63(82)69-44-29-52(41(33-71)27-42(44)61(80)67(46)31-35)87-19-9-8-10-20-88-54-30-45-43(28-53(54)84-7)62(81)68-32-36(2)24-47(68)64(83)70(45)60(79)38(4)26-51(75)40(6)66-56(77)16-22-86-18-12-14-49(73)58-57(89-34-90-58)48(72)13-11-17-85-21-15-55(76)65-39(5)50(74)25-37(3)59(69)78/h27-30,37-40,46-47,57-58,63-64,71,82-83H,1-2,8-26,31-34H2,3-7H3,(H,65,76)(H,66,77). The maximum absolute atomic E-state index is 14.7. The van der Waals surface area contributed by atoms with E-state index in [1.807, 2.05) is 0 Å². The lowest BCUT2D eigenvalue weighted by Gasteiger charge is -2.34. The number of carbonyl (C=O) groups excluding carboxylic acids is 10. The van der Waals surface area contributed by atoms with Gasteiger partial charge in [0.05, 0.1) is 97.3 Å². The van der Waals surface area contributed by atoms with Crippen LogP contribution in [0, 0.1) is 11.8 Å². The second-order valence-electron chi connectivity index (χ2n) is 23.9. The highest BCUT2D eigenvalue weighted by Crippen LogP contribution is 2.44. The summed E-state index contributed by atoms with van der Waals surface area (Å²) in [5.41, 5.74) is 1.70. The van der Waals surface area contributed by atoms with Crippen LogP contribution in [-0.4, -0.2) is 196 Å². The lowest BCUT2D eigenvalue weighted by Crippen LogP contribution is -2.52. The summed E-state index contributed by atoms with van der Waals surface area (Å²) in [6.45, 7) is 14.4. The minimum atomic E-state index is -1.57. The molecule has 0 aromatic heterocycles. The Bertz CT molecular complexity index is 2910. The van der Waals surface area contributed by atoms with Gasteiger partial charge in [-0.1, -0.05) is 38.2 Å². The molecule has 26 heteroatoms. The SMILES string of the molecule is C=C1CC2C(O)N3C(=O)C(C)CC(=O)C(C)NC(=O)CCOCCCC(=O)C4SCSC4C(=O)CCCOCCC(=O)NC(C)C(=O)CC(C)C(=O)N4c5cc(c(OC)cc5C(=O)N5CC(=C)CC5C4O)OCCCCCOc4cc3c(cc4CO)C(=O)N2C1. The molecule has 0 aliphatic carbocycles. The first-order chi connectivity index (χ1) is 43.0. The molecule has 3 saturated heterocycles. The van der Waals surface area contributed by atoms with Gasteiger partial charge in [-0.25, -0.2) is 0 Å². The molecule has 0 spiro atoms. The molecule has 6 aliphatic heterocycles. The number of rotatable bonds is 2. The van der Waals surface area contributed by atoms with Gasteiger partial charge in [-0.15, -0.1) is 23.5 Å². The fourth-order valence-corrected chi connectivity index (χ4v) is 15.3. The van der Waals surface area contributed by atoms with Crippen LogP contribution in [0.2, 0.25) is 0 Å². The smallest absolute Gasteiger partial charge is 0.256 e. The average molecular weight is 1290 g/mol. The summed E-state index contributed by atoms with van der Waals surface area (Å²) in [5, 5.41) is 39.6. The highest BCUT2D eigenvalue weighted by Gasteiger charge is 2.49. The molecule has 6 amide bonds. The first kappa shape index (κ1) is 69.2. The van der Waals surface area contributed by atoms with Crippen molar-refractivity contribution in [3.05, 3.63) is 65.3 Å². The molecular weight excluding hydrogens is 1200 g/mol. The van der Waals surface area contributed by atoms with E-state index >= 15 is 0 Å². The van der Waals surface area contributed by atoms with Crippen molar-refractivity contribution in [1.82, 2.24) is 20.4 Å². The van der Waals surface area contributed by atoms with Gasteiger partial charge >= 0.3 is 0 Å². The van der Waals surface area contributed by atoms with Gasteiger partial charge in [0, 0.05) is 99.4 Å². The largest absolute Gasteiger partial charge is 0.493 e. The number of hydrogen-bond donors (Lipinski definition) is 5. The molecule has 0 radical (unpaired) electrons. The highest BCUT2D eigenvalue weighted by molar-refractivity contribution is 8.20. The van der Waals surface area contributed by atoms with Gasteiger partial charge in [-0.05, 0) is 70.9 Å². The Kier molecular flexibility index (Phi) is 24.3. The molecule has 8 rings (SSSR count). The third kappa shape index (κ3) is 16.3. The zero-order valence-corrected chi connectivity index (χ0v) is 53.5. The predicted octanol–water partition coefficient (Wildman–Crippen LogP) is 4.59. The van der Waals surface area contributed by atoms with E-state index in [9.17, 15) is 63.3 Å². The number of fused-ring (bicyclic) bond motifs is 5. The Morgan fingerprint density at radius 3 is 1.46 bits per heavy atom. The van der Waals surface area contributed by atoms with Crippen LogP contribution < -0.4 is 34.6 Å². The number of benzene rings is 2. The predicted molar refractivity (Wildman–Crippen MR) is 334 cm³/mol. The van der Waals surface area contributed by atoms with Crippen LogP contribution in [0.25, 0.3) is 0 Å². The zero-order chi connectivity index (χ0) is 65.1. The fourth-order valence-electron chi connectivity index (χ4n) is 12.0. The van der Waals surface area contributed by atoms with Crippen LogP contribution in [0.15, 0.2) is 48.6 Å². The zero-order valence-electron chi connectivity index (χ0n) is 51.8. The van der Waals surface area contributed by atoms with E-state index in [0.717, 1.165) is 9.80 Å². The molecule has 24 nitrogen and oxygen atoms in total. The normalized spacial score (nSPS) is 28.8. The Labute approximate surface area is 532 Å². The van der Waals surface area contributed by atoms with Crippen molar-refractivity contribution in [2.75, 3.05) is 74.7 Å². The quantitative estimate of drug-likeness (QED) is 0.257. The third-order valence-electron chi connectivity index (χ3n) is 17.1. The number of nitrogens with zero attached hydrogens (tertiary/aromatic N) is 4. The van der Waals surface area contributed by atoms with E-state index in [4.69, 9.17) is 23.7 Å². The Morgan fingerprint density at radius 2 is 1.00 bits per heavy atom. The monoisotopic (exact) mass is 1290 g/mol. The molecule has 10 atom stereocenters. The second kappa shape index (κ2) is 31.6. The van der Waals surface area contributed by atoms with E-state index in [-0.39, 0.29) is 161 Å². The molecular formula is C64H84N6O18S2. The summed E-state index contributed by atoms with van der Waals surface area (Å²) in [5.74, 6) is -5.96. The maximum atomic E-state index is 14.7. The number of amides is 6. The van der Waals surface area contributed by atoms with Gasteiger partial charge < -0.3 is 59.4 Å². The summed E-state index contributed by atoms with van der Waals surface area (Å²) in [6, 6.07) is 2.03. The highest BCUT2D eigenvalue weighted by atomic mass is 32.2. The van der Waals surface area contributed by atoms with Crippen LogP contribution in [0.1, 0.15) is 137 Å². The van der Waals surface area contributed by atoms with Crippen molar-refractivity contribution < 1.29 is 86.9 Å². The topological polar surface area (TPSA) is 315 Å². The van der Waals surface area contributed by atoms with Crippen molar-refractivity contribution in [3.63, 3.8) is 0 Å². The summed E-state index contributed by atoms with van der Waals surface area (Å²) in [7, 11) is 1.40. The molecule has 6 aliphatic rings. The van der Waals surface area contributed by atoms with Crippen LogP contribution in [0.5, 0.6) is 17.2 Å². The van der Waals surface area contributed by atoms with Crippen LogP contribution in [-0.2, 0) is 54.4 Å². The minimum Gasteiger partial charge on any atom is -0.493 e. The summed E-state index contributed by atoms with van der Waals surface area (Å²) in [4.78, 5) is 143. The van der Waals surface area contributed by atoms with Crippen molar-refractivity contribution in [2.24, 2.45) is 11.8 Å². The first-order valence-electron chi connectivity index (χ1n) is 30.8. The van der Waals surface area contributed by atoms with E-state index in [1.165, 1.54) is 92.4 Å². The molecule has 10 unspecified atom stereocenters. The molecule has 6 heterocycles. The number of hydrogen-bond acceptors (Lipinski definition) is 20. The Balaban J connectivity index is 0.990. The molecule has 490 valence electrons. The van der Waals surface area contributed by atoms with Crippen molar-refractivity contribution in [2.45, 2.75) is 165 Å². The fraction of sp³-hybridized carbons (Fsp3) is 0.594. The molecule has 90 heavy (non-hydrogen) atoms. The van der Waals surface area contributed by atoms with Gasteiger partial charge in [0.1, 0.15) is 17.3 Å². The van der Waals surface area contributed by atoms with Crippen LogP contribution >= 0.6 is 23.5 Å².